The molecule has 0 spiro atoms. The summed E-state index contributed by atoms with van der Waals surface area (Å²) < 4.78 is 12.2. The van der Waals surface area contributed by atoms with Gasteiger partial charge in [0.15, 0.2) is 0 Å². The van der Waals surface area contributed by atoms with Crippen LogP contribution in [-0.4, -0.2) is 25.4 Å². The third-order valence-corrected chi connectivity index (χ3v) is 4.37. The lowest BCUT2D eigenvalue weighted by Gasteiger charge is -2.37. The van der Waals surface area contributed by atoms with Crippen molar-refractivity contribution < 1.29 is 9.31 Å². The van der Waals surface area contributed by atoms with E-state index in [0.29, 0.717) is 12.5 Å². The van der Waals surface area contributed by atoms with Crippen LogP contribution in [0.1, 0.15) is 34.6 Å². The standard InChI is InChI=1S/C16H26BNO2/c1-6-19-17(20-16(4,5)12(2)3)14-9-7-8-13-10-11-18-15(13)14/h7-12,14-15,18H,6H2,1-5H3. The minimum Gasteiger partial charge on any atom is -0.411 e. The van der Waals surface area contributed by atoms with E-state index in [9.17, 15) is 0 Å². The van der Waals surface area contributed by atoms with Crippen LogP contribution in [0, 0.1) is 5.92 Å². The Morgan fingerprint density at radius 2 is 2.15 bits per heavy atom. The molecule has 0 fully saturated rings. The highest BCUT2D eigenvalue weighted by Crippen LogP contribution is 2.34. The second-order valence-corrected chi connectivity index (χ2v) is 6.31. The van der Waals surface area contributed by atoms with E-state index in [2.05, 4.69) is 57.3 Å². The summed E-state index contributed by atoms with van der Waals surface area (Å²) in [5, 5.41) is 3.40. The average Bonchev–Trinajstić information content (AvgIpc) is 2.85. The first kappa shape index (κ1) is 15.4. The summed E-state index contributed by atoms with van der Waals surface area (Å²) in [6.07, 6.45) is 10.6. The summed E-state index contributed by atoms with van der Waals surface area (Å²) in [6, 6.07) is 0.263. The zero-order valence-corrected chi connectivity index (χ0v) is 13.2. The molecule has 1 N–H and O–H groups in total. The number of nitrogens with one attached hydrogen (secondary N) is 1. The second-order valence-electron chi connectivity index (χ2n) is 6.31. The number of fused-ring (bicyclic) bond motifs is 1. The second kappa shape index (κ2) is 6.19. The molecule has 0 aromatic heterocycles. The van der Waals surface area contributed by atoms with Crippen molar-refractivity contribution in [3.05, 3.63) is 36.1 Å². The quantitative estimate of drug-likeness (QED) is 0.754. The highest BCUT2D eigenvalue weighted by Gasteiger charge is 2.41. The van der Waals surface area contributed by atoms with Gasteiger partial charge in [-0.25, -0.2) is 0 Å². The van der Waals surface area contributed by atoms with E-state index in [1.54, 1.807) is 0 Å². The summed E-state index contributed by atoms with van der Waals surface area (Å²) in [5.74, 6) is 0.630. The van der Waals surface area contributed by atoms with Crippen molar-refractivity contribution in [1.82, 2.24) is 5.32 Å². The Morgan fingerprint density at radius 3 is 2.80 bits per heavy atom. The molecule has 110 valence electrons. The van der Waals surface area contributed by atoms with Gasteiger partial charge >= 0.3 is 7.12 Å². The van der Waals surface area contributed by atoms with Crippen LogP contribution < -0.4 is 5.32 Å². The third kappa shape index (κ3) is 3.18. The molecule has 0 saturated heterocycles. The van der Waals surface area contributed by atoms with Gasteiger partial charge in [0.2, 0.25) is 0 Å². The topological polar surface area (TPSA) is 30.5 Å². The number of allylic oxidation sites excluding steroid dienone is 2. The molecule has 2 atom stereocenters. The molecule has 2 aliphatic rings. The van der Waals surface area contributed by atoms with Gasteiger partial charge in [-0.3, -0.25) is 0 Å². The molecule has 1 aliphatic heterocycles. The van der Waals surface area contributed by atoms with E-state index >= 15 is 0 Å². The molecular formula is C16H26BNO2. The average molecular weight is 275 g/mol. The Hall–Kier alpha value is -0.995. The van der Waals surface area contributed by atoms with Crippen LogP contribution >= 0.6 is 0 Å². The van der Waals surface area contributed by atoms with Crippen LogP contribution in [0.15, 0.2) is 36.1 Å². The lowest BCUT2D eigenvalue weighted by atomic mass is 9.63. The van der Waals surface area contributed by atoms with E-state index < -0.39 is 0 Å². The van der Waals surface area contributed by atoms with Crippen molar-refractivity contribution in [2.75, 3.05) is 6.61 Å². The van der Waals surface area contributed by atoms with Gasteiger partial charge in [0, 0.05) is 12.4 Å². The molecule has 0 aromatic carbocycles. The number of hydrogen-bond donors (Lipinski definition) is 1. The third-order valence-electron chi connectivity index (χ3n) is 4.37. The molecule has 1 heterocycles. The highest BCUT2D eigenvalue weighted by molar-refractivity contribution is 6.47. The first-order valence-electron chi connectivity index (χ1n) is 7.56. The Morgan fingerprint density at radius 1 is 1.40 bits per heavy atom. The Labute approximate surface area is 123 Å². The van der Waals surface area contributed by atoms with E-state index in [1.807, 2.05) is 13.1 Å². The van der Waals surface area contributed by atoms with Crippen LogP contribution in [0.2, 0.25) is 5.82 Å². The van der Waals surface area contributed by atoms with Gasteiger partial charge < -0.3 is 14.6 Å². The lowest BCUT2D eigenvalue weighted by molar-refractivity contribution is 0.0252. The smallest absolute Gasteiger partial charge is 0.411 e. The number of hydrogen-bond acceptors (Lipinski definition) is 3. The summed E-state index contributed by atoms with van der Waals surface area (Å²) in [4.78, 5) is 0. The van der Waals surface area contributed by atoms with E-state index in [4.69, 9.17) is 9.31 Å². The first-order valence-corrected chi connectivity index (χ1v) is 7.56. The summed E-state index contributed by atoms with van der Waals surface area (Å²) >= 11 is 0. The fourth-order valence-electron chi connectivity index (χ4n) is 2.42. The van der Waals surface area contributed by atoms with Gasteiger partial charge in [-0.2, -0.15) is 0 Å². The van der Waals surface area contributed by atoms with Crippen molar-refractivity contribution in [1.29, 1.82) is 0 Å². The molecule has 0 bridgehead atoms. The van der Waals surface area contributed by atoms with Gasteiger partial charge in [-0.05, 0) is 44.5 Å². The summed E-state index contributed by atoms with van der Waals surface area (Å²) in [7, 11) is -0.227. The van der Waals surface area contributed by atoms with Crippen molar-refractivity contribution >= 4 is 7.12 Å². The predicted octanol–water partition coefficient (Wildman–Crippen LogP) is 3.31. The predicted molar refractivity (Wildman–Crippen MR) is 84.4 cm³/mol. The maximum Gasteiger partial charge on any atom is 0.467 e. The maximum atomic E-state index is 6.32. The monoisotopic (exact) mass is 275 g/mol. The first-order chi connectivity index (χ1) is 9.45. The fraction of sp³-hybridized carbons (Fsp3) is 0.625. The van der Waals surface area contributed by atoms with Crippen LogP contribution in [0.25, 0.3) is 0 Å². The molecule has 4 heteroatoms. The Balaban J connectivity index is 2.13. The van der Waals surface area contributed by atoms with Crippen molar-refractivity contribution in [2.45, 2.75) is 52.1 Å². The zero-order valence-electron chi connectivity index (χ0n) is 13.2. The van der Waals surface area contributed by atoms with Gasteiger partial charge in [0.1, 0.15) is 0 Å². The van der Waals surface area contributed by atoms with Gasteiger partial charge in [-0.1, -0.05) is 32.1 Å². The number of rotatable bonds is 6. The summed E-state index contributed by atoms with van der Waals surface area (Å²) in [6.45, 7) is 11.3. The zero-order chi connectivity index (χ0) is 14.8. The van der Waals surface area contributed by atoms with Crippen LogP contribution in [0.3, 0.4) is 0 Å². The molecule has 0 radical (unpaired) electrons. The Kier molecular flexibility index (Phi) is 4.76. The largest absolute Gasteiger partial charge is 0.467 e. The minimum atomic E-state index is -0.227. The Bertz CT molecular complexity index is 426. The van der Waals surface area contributed by atoms with Gasteiger partial charge in [-0.15, -0.1) is 0 Å². The van der Waals surface area contributed by atoms with Crippen LogP contribution in [-0.2, 0) is 9.31 Å². The van der Waals surface area contributed by atoms with Crippen LogP contribution in [0.5, 0.6) is 0 Å². The van der Waals surface area contributed by atoms with Crippen LogP contribution in [0.4, 0.5) is 0 Å². The van der Waals surface area contributed by atoms with Gasteiger partial charge in [0.25, 0.3) is 0 Å². The van der Waals surface area contributed by atoms with E-state index in [1.165, 1.54) is 5.57 Å². The van der Waals surface area contributed by atoms with E-state index in [-0.39, 0.29) is 24.6 Å². The lowest BCUT2D eigenvalue weighted by Crippen LogP contribution is -2.46. The van der Waals surface area contributed by atoms with E-state index in [0.717, 1.165) is 0 Å². The molecule has 2 rings (SSSR count). The summed E-state index contributed by atoms with van der Waals surface area (Å²) in [5.41, 5.74) is 1.09. The molecule has 0 aromatic rings. The van der Waals surface area contributed by atoms with Crippen molar-refractivity contribution in [2.24, 2.45) is 5.92 Å². The molecule has 0 saturated carbocycles. The SMILES string of the molecule is CCOB(OC(C)(C)C(C)C)C1C=CC=C2C=CNC21. The molecule has 3 nitrogen and oxygen atoms in total. The minimum absolute atomic E-state index is 0.197. The fourth-order valence-corrected chi connectivity index (χ4v) is 2.42. The molecule has 20 heavy (non-hydrogen) atoms. The molecule has 1 aliphatic carbocycles. The maximum absolute atomic E-state index is 6.32. The van der Waals surface area contributed by atoms with Crippen molar-refractivity contribution in [3.8, 4) is 0 Å². The normalized spacial score (nSPS) is 24.6. The molecule has 0 amide bonds. The highest BCUT2D eigenvalue weighted by atomic mass is 16.6. The van der Waals surface area contributed by atoms with Gasteiger partial charge in [0.05, 0.1) is 11.6 Å². The molecular weight excluding hydrogens is 249 g/mol. The van der Waals surface area contributed by atoms with Crippen molar-refractivity contribution in [3.63, 3.8) is 0 Å². The molecule has 2 unspecified atom stereocenters.